The van der Waals surface area contributed by atoms with Gasteiger partial charge in [0.15, 0.2) is 5.84 Å². The van der Waals surface area contributed by atoms with Crippen LogP contribution >= 0.6 is 15.9 Å². The molecule has 0 aliphatic carbocycles. The van der Waals surface area contributed by atoms with Crippen LogP contribution in [0.2, 0.25) is 0 Å². The lowest BCUT2D eigenvalue weighted by Crippen LogP contribution is -2.23. The number of anilines is 1. The number of rotatable bonds is 5. The fourth-order valence-corrected chi connectivity index (χ4v) is 3.35. The molecule has 4 N–H and O–H groups in total. The van der Waals surface area contributed by atoms with Crippen LogP contribution in [0.25, 0.3) is 0 Å². The van der Waals surface area contributed by atoms with E-state index in [1.807, 2.05) is 13.8 Å². The average molecular weight is 350 g/mol. The number of benzene rings is 1. The molecule has 19 heavy (non-hydrogen) atoms. The van der Waals surface area contributed by atoms with Crippen molar-refractivity contribution in [2.45, 2.75) is 13.8 Å². The van der Waals surface area contributed by atoms with E-state index in [4.69, 9.17) is 10.9 Å². The first-order valence-corrected chi connectivity index (χ1v) is 7.97. The lowest BCUT2D eigenvalue weighted by atomic mass is 10.2. The summed E-state index contributed by atoms with van der Waals surface area (Å²) in [5, 5.41) is 11.6. The molecule has 0 aliphatic heterocycles. The summed E-state index contributed by atoms with van der Waals surface area (Å²) in [6, 6.07) is 4.79. The summed E-state index contributed by atoms with van der Waals surface area (Å²) in [5.41, 5.74) is 6.11. The monoisotopic (exact) mass is 349 g/mol. The van der Waals surface area contributed by atoms with Crippen LogP contribution in [0, 0.1) is 5.92 Å². The van der Waals surface area contributed by atoms with Crippen LogP contribution in [0.3, 0.4) is 0 Å². The summed E-state index contributed by atoms with van der Waals surface area (Å²) < 4.78 is 26.9. The molecule has 1 aromatic carbocycles. The van der Waals surface area contributed by atoms with Gasteiger partial charge in [-0.25, -0.2) is 8.42 Å². The minimum atomic E-state index is -3.47. The number of nitrogens with two attached hydrogens (primary N) is 1. The van der Waals surface area contributed by atoms with Crippen molar-refractivity contribution >= 4 is 37.5 Å². The second-order valence-corrected chi connectivity index (χ2v) is 7.14. The number of nitrogens with zero attached hydrogens (tertiary/aromatic N) is 1. The summed E-state index contributed by atoms with van der Waals surface area (Å²) in [4.78, 5) is 0. The minimum Gasteiger partial charge on any atom is -0.409 e. The number of sulfonamides is 1. The van der Waals surface area contributed by atoms with E-state index in [-0.39, 0.29) is 23.2 Å². The quantitative estimate of drug-likeness (QED) is 0.327. The van der Waals surface area contributed by atoms with Gasteiger partial charge in [0.05, 0.1) is 11.4 Å². The molecular formula is C11H16BrN3O3S. The highest BCUT2D eigenvalue weighted by molar-refractivity contribution is 9.10. The molecule has 1 rings (SSSR count). The zero-order valence-corrected chi connectivity index (χ0v) is 13.0. The van der Waals surface area contributed by atoms with Crippen molar-refractivity contribution < 1.29 is 13.6 Å². The molecule has 0 saturated carbocycles. The fraction of sp³-hybridized carbons (Fsp3) is 0.364. The summed E-state index contributed by atoms with van der Waals surface area (Å²) in [5.74, 6) is -0.164. The molecule has 0 radical (unpaired) electrons. The Morgan fingerprint density at radius 2 is 2.16 bits per heavy atom. The van der Waals surface area contributed by atoms with Crippen LogP contribution in [0.1, 0.15) is 19.4 Å². The van der Waals surface area contributed by atoms with Gasteiger partial charge in [-0.2, -0.15) is 0 Å². The molecule has 0 heterocycles. The van der Waals surface area contributed by atoms with Gasteiger partial charge in [-0.3, -0.25) is 4.72 Å². The number of hydrogen-bond donors (Lipinski definition) is 3. The first-order chi connectivity index (χ1) is 8.75. The predicted molar refractivity (Wildman–Crippen MR) is 78.9 cm³/mol. The molecule has 1 aromatic rings. The smallest absolute Gasteiger partial charge is 0.232 e. The van der Waals surface area contributed by atoms with E-state index in [0.717, 1.165) is 0 Å². The Morgan fingerprint density at radius 3 is 2.68 bits per heavy atom. The second-order valence-electron chi connectivity index (χ2n) is 4.45. The first kappa shape index (κ1) is 15.8. The lowest BCUT2D eigenvalue weighted by molar-refractivity contribution is 0.318. The molecule has 0 unspecified atom stereocenters. The maximum Gasteiger partial charge on any atom is 0.232 e. The van der Waals surface area contributed by atoms with E-state index in [1.54, 1.807) is 18.2 Å². The summed E-state index contributed by atoms with van der Waals surface area (Å²) in [6.07, 6.45) is 0. The van der Waals surface area contributed by atoms with Gasteiger partial charge in [-0.05, 0) is 24.1 Å². The third kappa shape index (κ3) is 4.71. The Morgan fingerprint density at radius 1 is 1.53 bits per heavy atom. The van der Waals surface area contributed by atoms with Crippen LogP contribution < -0.4 is 10.5 Å². The number of oxime groups is 1. The maximum atomic E-state index is 11.9. The van der Waals surface area contributed by atoms with E-state index in [1.165, 1.54) is 0 Å². The molecule has 0 spiro atoms. The Kier molecular flexibility index (Phi) is 5.19. The first-order valence-electron chi connectivity index (χ1n) is 5.53. The molecule has 0 aromatic heterocycles. The van der Waals surface area contributed by atoms with Crippen LogP contribution in [0.15, 0.2) is 27.8 Å². The lowest BCUT2D eigenvalue weighted by Gasteiger charge is -2.13. The van der Waals surface area contributed by atoms with E-state index in [0.29, 0.717) is 10.0 Å². The highest BCUT2D eigenvalue weighted by atomic mass is 79.9. The Labute approximate surface area is 120 Å². The number of hydrogen-bond acceptors (Lipinski definition) is 4. The number of nitrogens with one attached hydrogen (secondary N) is 1. The number of amidine groups is 1. The van der Waals surface area contributed by atoms with Crippen LogP contribution in [-0.4, -0.2) is 25.2 Å². The molecule has 0 atom stereocenters. The minimum absolute atomic E-state index is 0.000235. The molecular weight excluding hydrogens is 334 g/mol. The largest absolute Gasteiger partial charge is 0.409 e. The Hall–Kier alpha value is -1.28. The highest BCUT2D eigenvalue weighted by Gasteiger charge is 2.16. The van der Waals surface area contributed by atoms with Crippen LogP contribution in [0.4, 0.5) is 5.69 Å². The molecule has 0 saturated heterocycles. The van der Waals surface area contributed by atoms with Crippen molar-refractivity contribution in [3.05, 3.63) is 28.2 Å². The predicted octanol–water partition coefficient (Wildman–Crippen LogP) is 1.94. The second kappa shape index (κ2) is 6.25. The third-order valence-corrected chi connectivity index (χ3v) is 4.31. The van der Waals surface area contributed by atoms with E-state index in [2.05, 4.69) is 25.8 Å². The van der Waals surface area contributed by atoms with Gasteiger partial charge in [0, 0.05) is 10.0 Å². The van der Waals surface area contributed by atoms with Crippen LogP contribution in [0.5, 0.6) is 0 Å². The SMILES string of the molecule is CC(C)CS(=O)(=O)Nc1ccc(Br)cc1/C(N)=N/O. The molecule has 8 heteroatoms. The standard InChI is InChI=1S/C11H16BrN3O3S/c1-7(2)6-19(17,18)15-10-4-3-8(12)5-9(10)11(13)14-16/h3-5,7,15-16H,6H2,1-2H3,(H2,13,14). The molecule has 0 aliphatic rings. The Balaban J connectivity index is 3.15. The summed E-state index contributed by atoms with van der Waals surface area (Å²) in [7, 11) is -3.47. The van der Waals surface area contributed by atoms with Gasteiger partial charge >= 0.3 is 0 Å². The zero-order valence-electron chi connectivity index (χ0n) is 10.6. The summed E-state index contributed by atoms with van der Waals surface area (Å²) in [6.45, 7) is 3.62. The van der Waals surface area contributed by atoms with Gasteiger partial charge in [-0.1, -0.05) is 34.9 Å². The number of halogens is 1. The zero-order chi connectivity index (χ0) is 14.6. The molecule has 0 amide bonds. The maximum absolute atomic E-state index is 11.9. The van der Waals surface area contributed by atoms with Crippen molar-refractivity contribution in [3.8, 4) is 0 Å². The average Bonchev–Trinajstić information content (AvgIpc) is 2.28. The van der Waals surface area contributed by atoms with Crippen molar-refractivity contribution in [2.24, 2.45) is 16.8 Å². The van der Waals surface area contributed by atoms with Crippen molar-refractivity contribution in [1.82, 2.24) is 0 Å². The van der Waals surface area contributed by atoms with Crippen LogP contribution in [-0.2, 0) is 10.0 Å². The van der Waals surface area contributed by atoms with E-state index >= 15 is 0 Å². The van der Waals surface area contributed by atoms with Gasteiger partial charge < -0.3 is 10.9 Å². The fourth-order valence-electron chi connectivity index (χ4n) is 1.52. The van der Waals surface area contributed by atoms with E-state index < -0.39 is 10.0 Å². The third-order valence-electron chi connectivity index (χ3n) is 2.18. The van der Waals surface area contributed by atoms with Crippen molar-refractivity contribution in [1.29, 1.82) is 0 Å². The molecule has 106 valence electrons. The van der Waals surface area contributed by atoms with Gasteiger partial charge in [0.2, 0.25) is 10.0 Å². The van der Waals surface area contributed by atoms with Crippen molar-refractivity contribution in [2.75, 3.05) is 10.5 Å². The highest BCUT2D eigenvalue weighted by Crippen LogP contribution is 2.22. The Bertz CT molecular complexity index is 585. The van der Waals surface area contributed by atoms with Gasteiger partial charge in [0.25, 0.3) is 0 Å². The molecule has 0 bridgehead atoms. The molecule has 0 fully saturated rings. The van der Waals surface area contributed by atoms with E-state index in [9.17, 15) is 8.42 Å². The topological polar surface area (TPSA) is 105 Å². The normalized spacial score (nSPS) is 12.7. The molecule has 6 nitrogen and oxygen atoms in total. The van der Waals surface area contributed by atoms with Gasteiger partial charge in [-0.15, -0.1) is 0 Å². The summed E-state index contributed by atoms with van der Waals surface area (Å²) >= 11 is 3.24. The van der Waals surface area contributed by atoms with Crippen molar-refractivity contribution in [3.63, 3.8) is 0 Å². The van der Waals surface area contributed by atoms with Gasteiger partial charge in [0.1, 0.15) is 0 Å².